The molecule has 2 aliphatic carbocycles. The first-order valence-corrected chi connectivity index (χ1v) is 17.9. The van der Waals surface area contributed by atoms with Gasteiger partial charge in [0.05, 0.1) is 18.8 Å². The standard InChI is InChI=1S/C34H54O5Si/c1-12-40(13-2,14-3)39-30-17-18-33(9)28(20-27-31(36)24(7)25(8)38-32(27)37-11)23(6)15-16-29(33)34(30,10)21-26(35)19-22(4)5/h19,28-30H,6,12-18,20-21H2,1-5,7-11H3/t28-,29-,30+,33-,34+/m1/s1. The van der Waals surface area contributed by atoms with Gasteiger partial charge in [-0.25, -0.2) is 0 Å². The van der Waals surface area contributed by atoms with Crippen LogP contribution in [-0.4, -0.2) is 27.3 Å². The number of hydrogen-bond donors (Lipinski definition) is 0. The zero-order valence-corrected chi connectivity index (χ0v) is 27.9. The first-order chi connectivity index (χ1) is 18.7. The van der Waals surface area contributed by atoms with Crippen molar-refractivity contribution < 1.29 is 18.4 Å². The number of carbonyl (C=O) groups is 1. The number of ketones is 1. The summed E-state index contributed by atoms with van der Waals surface area (Å²) in [6, 6.07) is 3.29. The van der Waals surface area contributed by atoms with Crippen LogP contribution in [0.4, 0.5) is 0 Å². The smallest absolute Gasteiger partial charge is 0.291 e. The fourth-order valence-electron chi connectivity index (χ4n) is 8.13. The average molecular weight is 571 g/mol. The number of aryl methyl sites for hydroxylation is 1. The van der Waals surface area contributed by atoms with E-state index in [4.69, 9.17) is 13.6 Å². The summed E-state index contributed by atoms with van der Waals surface area (Å²) in [4.78, 5) is 26.9. The Kier molecular flexibility index (Phi) is 10.2. The molecule has 0 radical (unpaired) electrons. The van der Waals surface area contributed by atoms with Crippen LogP contribution >= 0.6 is 0 Å². The number of allylic oxidation sites excluding steroid dienone is 3. The maximum atomic E-state index is 13.5. The molecular formula is C34H54O5Si. The van der Waals surface area contributed by atoms with E-state index in [9.17, 15) is 9.59 Å². The Hall–Kier alpha value is -1.92. The van der Waals surface area contributed by atoms with Gasteiger partial charge in [-0.05, 0) is 101 Å². The van der Waals surface area contributed by atoms with E-state index in [1.54, 1.807) is 7.11 Å². The minimum Gasteiger partial charge on any atom is -0.468 e. The van der Waals surface area contributed by atoms with Gasteiger partial charge in [0.15, 0.2) is 19.5 Å². The molecule has 3 rings (SSSR count). The minimum absolute atomic E-state index is 0.00209. The Balaban J connectivity index is 2.11. The van der Waals surface area contributed by atoms with Gasteiger partial charge in [-0.15, -0.1) is 0 Å². The molecule has 0 saturated heterocycles. The molecule has 2 fully saturated rings. The van der Waals surface area contributed by atoms with Gasteiger partial charge in [0.1, 0.15) is 5.76 Å². The number of methoxy groups -OCH3 is 1. The second-order valence-electron chi connectivity index (χ2n) is 13.4. The van der Waals surface area contributed by atoms with Crippen LogP contribution in [0.2, 0.25) is 18.1 Å². The van der Waals surface area contributed by atoms with Crippen molar-refractivity contribution in [2.45, 2.75) is 125 Å². The lowest BCUT2D eigenvalue weighted by Crippen LogP contribution is -2.59. The molecule has 5 nitrogen and oxygen atoms in total. The summed E-state index contributed by atoms with van der Waals surface area (Å²) < 4.78 is 18.8. The molecular weight excluding hydrogens is 516 g/mol. The second-order valence-corrected chi connectivity index (χ2v) is 18.1. The van der Waals surface area contributed by atoms with Gasteiger partial charge in [0.25, 0.3) is 5.95 Å². The predicted molar refractivity (Wildman–Crippen MR) is 167 cm³/mol. The molecule has 5 atom stereocenters. The molecule has 0 aliphatic heterocycles. The van der Waals surface area contributed by atoms with E-state index in [0.29, 0.717) is 35.7 Å². The summed E-state index contributed by atoms with van der Waals surface area (Å²) in [5.74, 6) is 1.46. The van der Waals surface area contributed by atoms with E-state index in [0.717, 1.165) is 49.4 Å². The predicted octanol–water partition coefficient (Wildman–Crippen LogP) is 8.51. The monoisotopic (exact) mass is 570 g/mol. The summed E-state index contributed by atoms with van der Waals surface area (Å²) in [5.41, 5.74) is 3.04. The molecule has 1 heterocycles. The van der Waals surface area contributed by atoms with Crippen molar-refractivity contribution in [3.8, 4) is 5.95 Å². The maximum absolute atomic E-state index is 13.5. The summed E-state index contributed by atoms with van der Waals surface area (Å²) in [6.45, 7) is 23.7. The Bertz CT molecular complexity index is 1180. The van der Waals surface area contributed by atoms with E-state index in [1.165, 1.54) is 5.57 Å². The molecule has 1 aromatic heterocycles. The van der Waals surface area contributed by atoms with Gasteiger partial charge in [-0.2, -0.15) is 0 Å². The van der Waals surface area contributed by atoms with Crippen molar-refractivity contribution in [3.63, 3.8) is 0 Å². The van der Waals surface area contributed by atoms with Crippen molar-refractivity contribution >= 4 is 14.1 Å². The van der Waals surface area contributed by atoms with Crippen molar-refractivity contribution in [1.29, 1.82) is 0 Å². The van der Waals surface area contributed by atoms with Crippen molar-refractivity contribution in [2.24, 2.45) is 22.7 Å². The van der Waals surface area contributed by atoms with Gasteiger partial charge in [-0.1, -0.05) is 52.3 Å². The van der Waals surface area contributed by atoms with Gasteiger partial charge in [-0.3, -0.25) is 9.59 Å². The molecule has 0 aromatic carbocycles. The Morgan fingerprint density at radius 2 is 1.75 bits per heavy atom. The van der Waals surface area contributed by atoms with Gasteiger partial charge in [0, 0.05) is 17.4 Å². The van der Waals surface area contributed by atoms with Crippen LogP contribution in [0.5, 0.6) is 5.95 Å². The fourth-order valence-corrected chi connectivity index (χ4v) is 11.1. The summed E-state index contributed by atoms with van der Waals surface area (Å²) >= 11 is 0. The first kappa shape index (κ1) is 32.6. The van der Waals surface area contributed by atoms with Gasteiger partial charge in [0.2, 0.25) is 0 Å². The highest BCUT2D eigenvalue weighted by molar-refractivity contribution is 6.73. The SMILES string of the molecule is C=C1CC[C@H]2[C@](C)(CC(=O)C=C(C)C)[C@@H](O[Si](CC)(CC)CC)CC[C@]2(C)[C@@H]1Cc1c(OC)oc(C)c(C)c1=O. The Morgan fingerprint density at radius 3 is 2.30 bits per heavy atom. The number of fused-ring (bicyclic) bond motifs is 1. The van der Waals surface area contributed by atoms with Crippen LogP contribution in [0.3, 0.4) is 0 Å². The highest BCUT2D eigenvalue weighted by Crippen LogP contribution is 2.63. The second kappa shape index (κ2) is 12.5. The molecule has 2 aliphatic rings. The lowest BCUT2D eigenvalue weighted by Gasteiger charge is -2.62. The van der Waals surface area contributed by atoms with Crippen LogP contribution < -0.4 is 10.2 Å². The first-order valence-electron chi connectivity index (χ1n) is 15.4. The molecule has 6 heteroatoms. The molecule has 224 valence electrons. The normalized spacial score (nSPS) is 28.6. The Labute approximate surface area is 243 Å². The topological polar surface area (TPSA) is 65.7 Å². The average Bonchev–Trinajstić information content (AvgIpc) is 2.89. The van der Waals surface area contributed by atoms with E-state index < -0.39 is 8.32 Å². The fraction of sp³-hybridized carbons (Fsp3) is 0.706. The third kappa shape index (κ3) is 5.99. The molecule has 2 saturated carbocycles. The van der Waals surface area contributed by atoms with Gasteiger partial charge >= 0.3 is 0 Å². The summed E-state index contributed by atoms with van der Waals surface area (Å²) in [7, 11) is -0.329. The molecule has 0 bridgehead atoms. The number of ether oxygens (including phenoxy) is 1. The molecule has 40 heavy (non-hydrogen) atoms. The number of carbonyl (C=O) groups excluding carboxylic acids is 1. The van der Waals surface area contributed by atoms with Crippen molar-refractivity contribution in [3.05, 3.63) is 50.9 Å². The maximum Gasteiger partial charge on any atom is 0.291 e. The van der Waals surface area contributed by atoms with Crippen LogP contribution in [-0.2, 0) is 15.6 Å². The zero-order valence-electron chi connectivity index (χ0n) is 26.9. The van der Waals surface area contributed by atoms with Crippen LogP contribution in [0.15, 0.2) is 33.0 Å². The summed E-state index contributed by atoms with van der Waals surface area (Å²) in [6.07, 6.45) is 6.67. The molecule has 1 aromatic rings. The van der Waals surface area contributed by atoms with Crippen LogP contribution in [0, 0.1) is 36.5 Å². The zero-order chi connectivity index (χ0) is 30.0. The van der Waals surface area contributed by atoms with Crippen LogP contribution in [0.25, 0.3) is 0 Å². The Morgan fingerprint density at radius 1 is 1.12 bits per heavy atom. The van der Waals surface area contributed by atoms with E-state index in [1.807, 2.05) is 33.8 Å². The van der Waals surface area contributed by atoms with Crippen molar-refractivity contribution in [2.75, 3.05) is 7.11 Å². The third-order valence-corrected chi connectivity index (χ3v) is 15.5. The number of hydrogen-bond acceptors (Lipinski definition) is 5. The van der Waals surface area contributed by atoms with Crippen LogP contribution in [0.1, 0.15) is 97.5 Å². The molecule has 0 N–H and O–H groups in total. The summed E-state index contributed by atoms with van der Waals surface area (Å²) in [5, 5.41) is 0. The van der Waals surface area contributed by atoms with Crippen molar-refractivity contribution in [1.82, 2.24) is 0 Å². The third-order valence-electron chi connectivity index (χ3n) is 10.9. The molecule has 0 amide bonds. The quantitative estimate of drug-likeness (QED) is 0.152. The van der Waals surface area contributed by atoms with E-state index >= 15 is 0 Å². The largest absolute Gasteiger partial charge is 0.468 e. The minimum atomic E-state index is -1.90. The number of rotatable bonds is 11. The molecule has 0 unspecified atom stereocenters. The van der Waals surface area contributed by atoms with E-state index in [-0.39, 0.29) is 40.0 Å². The highest BCUT2D eigenvalue weighted by Gasteiger charge is 2.59. The van der Waals surface area contributed by atoms with E-state index in [2.05, 4.69) is 41.2 Å². The lowest BCUT2D eigenvalue weighted by atomic mass is 9.45. The lowest BCUT2D eigenvalue weighted by molar-refractivity contribution is -0.143. The highest BCUT2D eigenvalue weighted by atomic mass is 28.4. The van der Waals surface area contributed by atoms with Gasteiger partial charge < -0.3 is 13.6 Å². The molecule has 0 spiro atoms.